The van der Waals surface area contributed by atoms with Crippen LogP contribution in [-0.4, -0.2) is 0 Å². The van der Waals surface area contributed by atoms with Crippen LogP contribution in [-0.2, 0) is 4.57 Å². The molecule has 0 heterocycles. The molecule has 0 fully saturated rings. The van der Waals surface area contributed by atoms with Crippen molar-refractivity contribution in [3.8, 4) is 33.4 Å². The predicted octanol–water partition coefficient (Wildman–Crippen LogP) is 10.6. The monoisotopic (exact) mass is 606 g/mol. The fourth-order valence-corrected chi connectivity index (χ4v) is 9.42. The zero-order valence-electron chi connectivity index (χ0n) is 25.3. The lowest BCUT2D eigenvalue weighted by atomic mass is 9.86. The summed E-state index contributed by atoms with van der Waals surface area (Å²) < 4.78 is 14.8. The molecule has 0 spiro atoms. The van der Waals surface area contributed by atoms with E-state index in [1.54, 1.807) is 0 Å². The third kappa shape index (κ3) is 4.78. The fourth-order valence-electron chi connectivity index (χ4n) is 6.77. The van der Waals surface area contributed by atoms with Gasteiger partial charge in [0.05, 0.1) is 0 Å². The van der Waals surface area contributed by atoms with E-state index in [9.17, 15) is 4.57 Å². The molecular weight excluding hydrogens is 575 g/mol. The van der Waals surface area contributed by atoms with E-state index in [0.717, 1.165) is 27.0 Å². The highest BCUT2D eigenvalue weighted by atomic mass is 31.2. The predicted molar refractivity (Wildman–Crippen MR) is 197 cm³/mol. The van der Waals surface area contributed by atoms with Crippen molar-refractivity contribution in [3.05, 3.63) is 188 Å². The average Bonchev–Trinajstić information content (AvgIpc) is 3.14. The van der Waals surface area contributed by atoms with E-state index in [-0.39, 0.29) is 0 Å². The van der Waals surface area contributed by atoms with Crippen molar-refractivity contribution < 1.29 is 4.57 Å². The highest BCUT2D eigenvalue weighted by Crippen LogP contribution is 2.45. The lowest BCUT2D eigenvalue weighted by molar-refractivity contribution is 0.592. The van der Waals surface area contributed by atoms with Crippen LogP contribution in [0.3, 0.4) is 0 Å². The maximum atomic E-state index is 14.8. The molecule has 0 bridgehead atoms. The van der Waals surface area contributed by atoms with Crippen LogP contribution in [0.15, 0.2) is 188 Å². The highest BCUT2D eigenvalue weighted by molar-refractivity contribution is 7.85. The summed E-state index contributed by atoms with van der Waals surface area (Å²) in [6, 6.07) is 65.0. The van der Waals surface area contributed by atoms with Crippen LogP contribution in [0, 0.1) is 0 Å². The Bertz CT molecular complexity index is 2240. The normalized spacial score (nSPS) is 11.6. The van der Waals surface area contributed by atoms with E-state index in [2.05, 4.69) is 115 Å². The van der Waals surface area contributed by atoms with Gasteiger partial charge in [-0.25, -0.2) is 0 Å². The molecule has 0 radical (unpaired) electrons. The fraction of sp³-hybridized carbons (Fsp3) is 0. The zero-order chi connectivity index (χ0) is 30.9. The van der Waals surface area contributed by atoms with Crippen LogP contribution >= 0.6 is 7.14 Å². The van der Waals surface area contributed by atoms with Crippen LogP contribution in [0.4, 0.5) is 0 Å². The summed E-state index contributed by atoms with van der Waals surface area (Å²) in [6.45, 7) is 0. The smallest absolute Gasteiger partial charge is 0.171 e. The van der Waals surface area contributed by atoms with Gasteiger partial charge < -0.3 is 4.57 Å². The summed E-state index contributed by atoms with van der Waals surface area (Å²) in [7, 11) is -3.01. The summed E-state index contributed by atoms with van der Waals surface area (Å²) in [4.78, 5) is 0. The second kappa shape index (κ2) is 11.8. The van der Waals surface area contributed by atoms with E-state index in [1.165, 1.54) is 43.8 Å². The van der Waals surface area contributed by atoms with Gasteiger partial charge in [0.2, 0.25) is 0 Å². The lowest BCUT2D eigenvalue weighted by Gasteiger charge is -2.20. The molecule has 0 aliphatic carbocycles. The molecule has 0 aliphatic rings. The summed E-state index contributed by atoms with van der Waals surface area (Å²) in [5.74, 6) is 0. The summed E-state index contributed by atoms with van der Waals surface area (Å²) in [5.41, 5.74) is 7.15. The van der Waals surface area contributed by atoms with Crippen molar-refractivity contribution in [2.24, 2.45) is 0 Å². The Balaban J connectivity index is 1.21. The minimum absolute atomic E-state index is 0.835. The Morgan fingerprint density at radius 1 is 0.261 bits per heavy atom. The minimum Gasteiger partial charge on any atom is -0.309 e. The zero-order valence-corrected chi connectivity index (χ0v) is 26.1. The second-order valence-electron chi connectivity index (χ2n) is 11.6. The maximum Gasteiger partial charge on any atom is 0.171 e. The third-order valence-electron chi connectivity index (χ3n) is 8.97. The molecule has 0 amide bonds. The minimum atomic E-state index is -3.01. The first-order chi connectivity index (χ1) is 22.7. The molecule has 8 aromatic rings. The van der Waals surface area contributed by atoms with Gasteiger partial charge in [0.15, 0.2) is 7.14 Å². The largest absolute Gasteiger partial charge is 0.309 e. The van der Waals surface area contributed by atoms with Gasteiger partial charge in [-0.3, -0.25) is 0 Å². The van der Waals surface area contributed by atoms with E-state index in [1.807, 2.05) is 72.8 Å². The van der Waals surface area contributed by atoms with Crippen molar-refractivity contribution in [2.45, 2.75) is 0 Å². The van der Waals surface area contributed by atoms with Gasteiger partial charge in [-0.05, 0) is 54.9 Å². The van der Waals surface area contributed by atoms with Crippen molar-refractivity contribution in [1.82, 2.24) is 0 Å². The SMILES string of the molecule is O=P(c1ccccc1)(c1ccccc1)c1ccc(-c2ccc(-c3c4ccccc4c(-c4ccccc4)c4ccccc34)cc2)cc1. The van der Waals surface area contributed by atoms with E-state index in [0.29, 0.717) is 0 Å². The number of hydrogen-bond donors (Lipinski definition) is 0. The van der Waals surface area contributed by atoms with Crippen LogP contribution in [0.2, 0.25) is 0 Å². The molecule has 1 nitrogen and oxygen atoms in total. The number of fused-ring (bicyclic) bond motifs is 2. The summed E-state index contributed by atoms with van der Waals surface area (Å²) in [5, 5.41) is 7.52. The van der Waals surface area contributed by atoms with Gasteiger partial charge >= 0.3 is 0 Å². The molecule has 0 saturated carbocycles. The lowest BCUT2D eigenvalue weighted by Crippen LogP contribution is -2.24. The molecule has 0 unspecified atom stereocenters. The number of benzene rings is 8. The molecular formula is C44H31OP. The Morgan fingerprint density at radius 3 is 0.957 bits per heavy atom. The second-order valence-corrected chi connectivity index (χ2v) is 14.4. The maximum absolute atomic E-state index is 14.8. The molecule has 46 heavy (non-hydrogen) atoms. The quantitative estimate of drug-likeness (QED) is 0.136. The highest BCUT2D eigenvalue weighted by Gasteiger charge is 2.29. The van der Waals surface area contributed by atoms with Gasteiger partial charge in [-0.15, -0.1) is 0 Å². The summed E-state index contributed by atoms with van der Waals surface area (Å²) >= 11 is 0. The first-order valence-corrected chi connectivity index (χ1v) is 17.3. The topological polar surface area (TPSA) is 17.1 Å². The number of rotatable bonds is 6. The molecule has 8 aromatic carbocycles. The van der Waals surface area contributed by atoms with Crippen LogP contribution in [0.1, 0.15) is 0 Å². The molecule has 0 aliphatic heterocycles. The molecule has 0 saturated heterocycles. The van der Waals surface area contributed by atoms with Crippen LogP contribution in [0.5, 0.6) is 0 Å². The first-order valence-electron chi connectivity index (χ1n) is 15.6. The van der Waals surface area contributed by atoms with Crippen molar-refractivity contribution in [1.29, 1.82) is 0 Å². The Hall–Kier alpha value is -5.49. The van der Waals surface area contributed by atoms with Crippen molar-refractivity contribution >= 4 is 44.6 Å². The van der Waals surface area contributed by atoms with Gasteiger partial charge in [0.25, 0.3) is 0 Å². The summed E-state index contributed by atoms with van der Waals surface area (Å²) in [6.07, 6.45) is 0. The van der Waals surface area contributed by atoms with Gasteiger partial charge in [0.1, 0.15) is 0 Å². The Labute approximate surface area is 269 Å². The van der Waals surface area contributed by atoms with Gasteiger partial charge in [0, 0.05) is 15.9 Å². The standard InChI is InChI=1S/C44H31OP/c45-46(36-16-6-2-7-17-36,37-18-8-3-9-19-37)38-30-28-33(29-31-38)32-24-26-35(27-25-32)44-41-22-12-10-20-39(41)43(34-14-4-1-5-15-34)40-21-11-13-23-42(40)44/h1-31H. The van der Waals surface area contributed by atoms with E-state index in [4.69, 9.17) is 0 Å². The van der Waals surface area contributed by atoms with E-state index >= 15 is 0 Å². The molecule has 0 aromatic heterocycles. The van der Waals surface area contributed by atoms with Gasteiger partial charge in [-0.1, -0.05) is 188 Å². The van der Waals surface area contributed by atoms with Crippen molar-refractivity contribution in [2.75, 3.05) is 0 Å². The number of hydrogen-bond acceptors (Lipinski definition) is 1. The molecule has 2 heteroatoms. The molecule has 8 rings (SSSR count). The first kappa shape index (κ1) is 28.0. The van der Waals surface area contributed by atoms with Crippen LogP contribution < -0.4 is 15.9 Å². The molecule has 0 atom stereocenters. The van der Waals surface area contributed by atoms with E-state index < -0.39 is 7.14 Å². The Morgan fingerprint density at radius 2 is 0.543 bits per heavy atom. The third-order valence-corrected chi connectivity index (χ3v) is 12.0. The van der Waals surface area contributed by atoms with Gasteiger partial charge in [-0.2, -0.15) is 0 Å². The molecule has 218 valence electrons. The van der Waals surface area contributed by atoms with Crippen molar-refractivity contribution in [3.63, 3.8) is 0 Å². The Kier molecular flexibility index (Phi) is 7.18. The average molecular weight is 607 g/mol. The van der Waals surface area contributed by atoms with Crippen LogP contribution in [0.25, 0.3) is 54.9 Å². The molecule has 0 N–H and O–H groups in total.